The molecule has 1 heterocycles. The summed E-state index contributed by atoms with van der Waals surface area (Å²) in [6.45, 7) is 4.25. The first-order valence-electron chi connectivity index (χ1n) is 7.17. The number of aliphatic hydroxyl groups is 1. The molecule has 0 saturated carbocycles. The van der Waals surface area contributed by atoms with Gasteiger partial charge in [0, 0.05) is 33.7 Å². The van der Waals surface area contributed by atoms with Crippen LogP contribution < -0.4 is 0 Å². The molecule has 1 saturated heterocycles. The number of rotatable bonds is 4. The molecule has 0 spiro atoms. The van der Waals surface area contributed by atoms with Crippen molar-refractivity contribution in [1.82, 2.24) is 9.21 Å². The van der Waals surface area contributed by atoms with Gasteiger partial charge in [0.2, 0.25) is 10.0 Å². The van der Waals surface area contributed by atoms with Crippen molar-refractivity contribution >= 4 is 10.0 Å². The number of nitrogens with zero attached hydrogens (tertiary/aromatic N) is 2. The molecule has 1 aromatic carbocycles. The van der Waals surface area contributed by atoms with Crippen LogP contribution in [0, 0.1) is 0 Å². The van der Waals surface area contributed by atoms with Crippen LogP contribution in [0.4, 0.5) is 0 Å². The summed E-state index contributed by atoms with van der Waals surface area (Å²) >= 11 is 0. The molecule has 2 rings (SSSR count). The highest BCUT2D eigenvalue weighted by atomic mass is 32.2. The van der Waals surface area contributed by atoms with Gasteiger partial charge in [-0.15, -0.1) is 0 Å². The predicted molar refractivity (Wildman–Crippen MR) is 82.4 cm³/mol. The summed E-state index contributed by atoms with van der Waals surface area (Å²) in [7, 11) is -0.311. The van der Waals surface area contributed by atoms with Gasteiger partial charge in [-0.1, -0.05) is 12.1 Å². The highest BCUT2D eigenvalue weighted by Crippen LogP contribution is 2.23. The topological polar surface area (TPSA) is 60.9 Å². The van der Waals surface area contributed by atoms with Gasteiger partial charge in [0.1, 0.15) is 0 Å². The first-order valence-corrected chi connectivity index (χ1v) is 8.61. The van der Waals surface area contributed by atoms with Crippen LogP contribution in [0.15, 0.2) is 29.2 Å². The molecule has 0 amide bonds. The molecule has 0 atom stereocenters. The lowest BCUT2D eigenvalue weighted by Gasteiger charge is -2.35. The molecular weight excluding hydrogens is 288 g/mol. The van der Waals surface area contributed by atoms with E-state index in [0.717, 1.165) is 31.5 Å². The average molecular weight is 312 g/mol. The third-order valence-electron chi connectivity index (χ3n) is 4.02. The number of piperidine rings is 1. The van der Waals surface area contributed by atoms with E-state index in [9.17, 15) is 13.5 Å². The summed E-state index contributed by atoms with van der Waals surface area (Å²) in [5.74, 6) is 0. The van der Waals surface area contributed by atoms with E-state index in [4.69, 9.17) is 0 Å². The van der Waals surface area contributed by atoms with Gasteiger partial charge in [-0.2, -0.15) is 0 Å². The third-order valence-corrected chi connectivity index (χ3v) is 5.83. The molecule has 0 aliphatic carbocycles. The van der Waals surface area contributed by atoms with Crippen molar-refractivity contribution in [3.05, 3.63) is 29.8 Å². The van der Waals surface area contributed by atoms with Gasteiger partial charge in [-0.05, 0) is 37.5 Å². The van der Waals surface area contributed by atoms with Crippen LogP contribution in [0.1, 0.15) is 25.3 Å². The molecule has 1 N–H and O–H groups in total. The van der Waals surface area contributed by atoms with Crippen molar-refractivity contribution in [3.63, 3.8) is 0 Å². The molecule has 0 radical (unpaired) electrons. The summed E-state index contributed by atoms with van der Waals surface area (Å²) in [5, 5.41) is 9.96. The third kappa shape index (κ3) is 4.03. The number of benzene rings is 1. The summed E-state index contributed by atoms with van der Waals surface area (Å²) in [5.41, 5.74) is 0.423. The fraction of sp³-hybridized carbons (Fsp3) is 0.600. The van der Waals surface area contributed by atoms with Crippen molar-refractivity contribution in [1.29, 1.82) is 0 Å². The molecular formula is C15H24N2O3S. The van der Waals surface area contributed by atoms with Crippen LogP contribution in [0.25, 0.3) is 0 Å². The van der Waals surface area contributed by atoms with E-state index in [1.165, 1.54) is 18.4 Å². The van der Waals surface area contributed by atoms with Crippen LogP contribution >= 0.6 is 0 Å². The van der Waals surface area contributed by atoms with E-state index in [1.807, 2.05) is 13.0 Å². The Hall–Kier alpha value is -0.950. The Morgan fingerprint density at radius 1 is 1.29 bits per heavy atom. The maximum Gasteiger partial charge on any atom is 0.242 e. The monoisotopic (exact) mass is 312 g/mol. The Bertz CT molecular complexity index is 587. The fourth-order valence-electron chi connectivity index (χ4n) is 2.47. The standard InChI is InChI=1S/C15H24N2O3S/c1-15(18)7-9-17(10-8-15)12-13-5-4-6-14(11-13)21(19,20)16(2)3/h4-6,11,18H,7-10,12H2,1-3H3. The Labute approximate surface area is 127 Å². The molecule has 1 aliphatic rings. The Kier molecular flexibility index (Phi) is 4.72. The van der Waals surface area contributed by atoms with Crippen LogP contribution in [0.3, 0.4) is 0 Å². The quantitative estimate of drug-likeness (QED) is 0.910. The fourth-order valence-corrected chi connectivity index (χ4v) is 3.44. The van der Waals surface area contributed by atoms with Gasteiger partial charge in [-0.25, -0.2) is 12.7 Å². The normalized spacial score (nSPS) is 19.9. The van der Waals surface area contributed by atoms with Crippen molar-refractivity contribution in [2.24, 2.45) is 0 Å². The Morgan fingerprint density at radius 2 is 1.90 bits per heavy atom. The van der Waals surface area contributed by atoms with E-state index in [2.05, 4.69) is 4.90 Å². The van der Waals surface area contributed by atoms with E-state index >= 15 is 0 Å². The SMILES string of the molecule is CN(C)S(=O)(=O)c1cccc(CN2CCC(C)(O)CC2)c1. The number of likely N-dealkylation sites (tertiary alicyclic amines) is 1. The van der Waals surface area contributed by atoms with Gasteiger partial charge in [0.15, 0.2) is 0 Å². The molecule has 21 heavy (non-hydrogen) atoms. The minimum Gasteiger partial charge on any atom is -0.390 e. The molecule has 118 valence electrons. The predicted octanol–water partition coefficient (Wildman–Crippen LogP) is 1.28. The van der Waals surface area contributed by atoms with E-state index in [-0.39, 0.29) is 0 Å². The Morgan fingerprint density at radius 3 is 2.48 bits per heavy atom. The largest absolute Gasteiger partial charge is 0.390 e. The summed E-state index contributed by atoms with van der Waals surface area (Å²) < 4.78 is 25.5. The summed E-state index contributed by atoms with van der Waals surface area (Å²) in [6.07, 6.45) is 1.51. The van der Waals surface area contributed by atoms with Crippen molar-refractivity contribution in [2.75, 3.05) is 27.2 Å². The van der Waals surface area contributed by atoms with Gasteiger partial charge in [0.25, 0.3) is 0 Å². The second-order valence-electron chi connectivity index (χ2n) is 6.21. The van der Waals surface area contributed by atoms with E-state index < -0.39 is 15.6 Å². The van der Waals surface area contributed by atoms with Crippen LogP contribution in [-0.2, 0) is 16.6 Å². The maximum atomic E-state index is 12.1. The van der Waals surface area contributed by atoms with E-state index in [0.29, 0.717) is 11.4 Å². The zero-order valence-electron chi connectivity index (χ0n) is 12.9. The number of hydrogen-bond donors (Lipinski definition) is 1. The molecule has 1 aliphatic heterocycles. The average Bonchev–Trinajstić information content (AvgIpc) is 2.41. The first kappa shape index (κ1) is 16.4. The minimum absolute atomic E-state index is 0.328. The van der Waals surface area contributed by atoms with Crippen molar-refractivity contribution < 1.29 is 13.5 Å². The zero-order chi connectivity index (χ0) is 15.7. The van der Waals surface area contributed by atoms with Gasteiger partial charge in [-0.3, -0.25) is 4.90 Å². The van der Waals surface area contributed by atoms with Crippen molar-refractivity contribution in [3.8, 4) is 0 Å². The lowest BCUT2D eigenvalue weighted by atomic mass is 9.93. The first-order chi connectivity index (χ1) is 9.71. The zero-order valence-corrected chi connectivity index (χ0v) is 13.7. The number of hydrogen-bond acceptors (Lipinski definition) is 4. The molecule has 0 aromatic heterocycles. The molecule has 0 bridgehead atoms. The van der Waals surface area contributed by atoms with Gasteiger partial charge < -0.3 is 5.11 Å². The smallest absolute Gasteiger partial charge is 0.242 e. The lowest BCUT2D eigenvalue weighted by molar-refractivity contribution is -0.00731. The number of sulfonamides is 1. The second kappa shape index (κ2) is 6.04. The molecule has 1 fully saturated rings. The lowest BCUT2D eigenvalue weighted by Crippen LogP contribution is -2.41. The van der Waals surface area contributed by atoms with Gasteiger partial charge >= 0.3 is 0 Å². The Balaban J connectivity index is 2.09. The minimum atomic E-state index is -3.38. The highest BCUT2D eigenvalue weighted by Gasteiger charge is 2.27. The highest BCUT2D eigenvalue weighted by molar-refractivity contribution is 7.89. The summed E-state index contributed by atoms with van der Waals surface area (Å²) in [4.78, 5) is 2.58. The van der Waals surface area contributed by atoms with Crippen molar-refractivity contribution in [2.45, 2.75) is 36.8 Å². The second-order valence-corrected chi connectivity index (χ2v) is 8.36. The van der Waals surface area contributed by atoms with Crippen LogP contribution in [-0.4, -0.2) is 55.5 Å². The molecule has 1 aromatic rings. The maximum absolute atomic E-state index is 12.1. The molecule has 6 heteroatoms. The van der Waals surface area contributed by atoms with E-state index in [1.54, 1.807) is 18.2 Å². The van der Waals surface area contributed by atoms with Gasteiger partial charge in [0.05, 0.1) is 10.5 Å². The summed E-state index contributed by atoms with van der Waals surface area (Å²) in [6, 6.07) is 7.09. The van der Waals surface area contributed by atoms with Crippen LogP contribution in [0.5, 0.6) is 0 Å². The molecule has 0 unspecified atom stereocenters. The van der Waals surface area contributed by atoms with Crippen LogP contribution in [0.2, 0.25) is 0 Å². The molecule has 5 nitrogen and oxygen atoms in total.